The van der Waals surface area contributed by atoms with Crippen molar-refractivity contribution in [2.45, 2.75) is 45.6 Å². The number of likely N-dealkylation sites (tertiary alicyclic amines) is 1. The van der Waals surface area contributed by atoms with Gasteiger partial charge in [-0.3, -0.25) is 9.59 Å². The maximum absolute atomic E-state index is 12.4. The molecule has 1 fully saturated rings. The Balaban J connectivity index is 1.68. The first-order chi connectivity index (χ1) is 12.1. The number of rotatable bonds is 8. The first-order valence-electron chi connectivity index (χ1n) is 9.43. The highest BCUT2D eigenvalue weighted by Gasteiger charge is 2.27. The van der Waals surface area contributed by atoms with Crippen molar-refractivity contribution in [2.75, 3.05) is 26.2 Å². The fourth-order valence-corrected chi connectivity index (χ4v) is 3.26. The molecule has 0 saturated carbocycles. The van der Waals surface area contributed by atoms with Gasteiger partial charge in [-0.05, 0) is 38.3 Å². The highest BCUT2D eigenvalue weighted by molar-refractivity contribution is 5.80. The number of amides is 2. The molecule has 5 nitrogen and oxygen atoms in total. The number of nitrogens with one attached hydrogen (secondary N) is 2. The van der Waals surface area contributed by atoms with E-state index in [0.717, 1.165) is 25.8 Å². The van der Waals surface area contributed by atoms with E-state index in [2.05, 4.69) is 36.6 Å². The zero-order valence-electron chi connectivity index (χ0n) is 15.5. The smallest absolute Gasteiger partial charge is 0.223 e. The molecule has 138 valence electrons. The number of piperidine rings is 1. The Hall–Kier alpha value is -1.88. The lowest BCUT2D eigenvalue weighted by atomic mass is 9.95. The van der Waals surface area contributed by atoms with Gasteiger partial charge in [0.1, 0.15) is 0 Å². The van der Waals surface area contributed by atoms with Crippen LogP contribution in [0.4, 0.5) is 0 Å². The van der Waals surface area contributed by atoms with Gasteiger partial charge >= 0.3 is 0 Å². The fourth-order valence-electron chi connectivity index (χ4n) is 3.26. The van der Waals surface area contributed by atoms with Crippen LogP contribution in [0.5, 0.6) is 0 Å². The Kier molecular flexibility index (Phi) is 7.92. The van der Waals surface area contributed by atoms with Crippen LogP contribution in [-0.2, 0) is 16.0 Å². The Morgan fingerprint density at radius 1 is 1.20 bits per heavy atom. The number of carbonyl (C=O) groups excluding carboxylic acids is 2. The molecule has 1 aromatic rings. The number of hydrogen-bond donors (Lipinski definition) is 2. The average molecular weight is 345 g/mol. The van der Waals surface area contributed by atoms with Crippen LogP contribution < -0.4 is 10.6 Å². The van der Waals surface area contributed by atoms with Crippen molar-refractivity contribution < 1.29 is 9.59 Å². The van der Waals surface area contributed by atoms with Crippen LogP contribution in [0.25, 0.3) is 0 Å². The molecule has 2 amide bonds. The lowest BCUT2D eigenvalue weighted by Gasteiger charge is -2.31. The first-order valence-corrected chi connectivity index (χ1v) is 9.43. The fraction of sp³-hybridized carbons (Fsp3) is 0.600. The van der Waals surface area contributed by atoms with Crippen LogP contribution in [0.3, 0.4) is 0 Å². The Morgan fingerprint density at radius 3 is 2.52 bits per heavy atom. The van der Waals surface area contributed by atoms with Crippen molar-refractivity contribution in [3.05, 3.63) is 35.9 Å². The molecule has 2 N–H and O–H groups in total. The second kappa shape index (κ2) is 10.2. The molecule has 1 heterocycles. The molecule has 0 aliphatic carbocycles. The normalized spacial score (nSPS) is 16.5. The van der Waals surface area contributed by atoms with E-state index < -0.39 is 0 Å². The standard InChI is InChI=1S/C20H31N3O2/c1-3-21-16(2)15-22-20(25)18-11-13-23(14-12-18)19(24)10-9-17-7-5-4-6-8-17/h4-8,16,18,21H,3,9-15H2,1-2H3,(H,22,25)/t16-/m1/s1. The van der Waals surface area contributed by atoms with Crippen LogP contribution in [0.2, 0.25) is 0 Å². The van der Waals surface area contributed by atoms with E-state index in [1.165, 1.54) is 5.56 Å². The van der Waals surface area contributed by atoms with Gasteiger partial charge < -0.3 is 15.5 Å². The summed E-state index contributed by atoms with van der Waals surface area (Å²) in [6.07, 6.45) is 2.85. The molecule has 1 atom stereocenters. The Labute approximate surface area is 151 Å². The molecule has 0 radical (unpaired) electrons. The molecular weight excluding hydrogens is 314 g/mol. The van der Waals surface area contributed by atoms with Crippen LogP contribution in [0.15, 0.2) is 30.3 Å². The summed E-state index contributed by atoms with van der Waals surface area (Å²) >= 11 is 0. The molecule has 5 heteroatoms. The minimum atomic E-state index is 0.0343. The molecule has 25 heavy (non-hydrogen) atoms. The molecule has 0 spiro atoms. The quantitative estimate of drug-likeness (QED) is 0.757. The van der Waals surface area contributed by atoms with Crippen molar-refractivity contribution in [1.82, 2.24) is 15.5 Å². The number of benzene rings is 1. The predicted molar refractivity (Wildman–Crippen MR) is 100 cm³/mol. The van der Waals surface area contributed by atoms with Crippen LogP contribution in [0.1, 0.15) is 38.7 Å². The van der Waals surface area contributed by atoms with E-state index in [0.29, 0.717) is 26.1 Å². The summed E-state index contributed by atoms with van der Waals surface area (Å²) in [5.41, 5.74) is 1.19. The van der Waals surface area contributed by atoms with Crippen molar-refractivity contribution in [3.8, 4) is 0 Å². The van der Waals surface area contributed by atoms with Gasteiger partial charge in [0.15, 0.2) is 0 Å². The Bertz CT molecular complexity index is 539. The SMILES string of the molecule is CCN[C@H](C)CNC(=O)C1CCN(C(=O)CCc2ccccc2)CC1. The molecule has 0 bridgehead atoms. The summed E-state index contributed by atoms with van der Waals surface area (Å²) in [4.78, 5) is 26.5. The zero-order valence-corrected chi connectivity index (χ0v) is 15.5. The summed E-state index contributed by atoms with van der Waals surface area (Å²) in [6.45, 7) is 7.06. The van der Waals surface area contributed by atoms with Crippen LogP contribution in [0, 0.1) is 5.92 Å². The maximum atomic E-state index is 12.4. The largest absolute Gasteiger partial charge is 0.354 e. The Morgan fingerprint density at radius 2 is 1.88 bits per heavy atom. The second-order valence-electron chi connectivity index (χ2n) is 6.84. The summed E-state index contributed by atoms with van der Waals surface area (Å²) < 4.78 is 0. The average Bonchev–Trinajstić information content (AvgIpc) is 2.65. The van der Waals surface area contributed by atoms with E-state index >= 15 is 0 Å². The molecule has 1 saturated heterocycles. The lowest BCUT2D eigenvalue weighted by molar-refractivity contribution is -0.135. The number of likely N-dealkylation sites (N-methyl/N-ethyl adjacent to an activating group) is 1. The van der Waals surface area contributed by atoms with E-state index in [9.17, 15) is 9.59 Å². The van der Waals surface area contributed by atoms with Crippen LogP contribution in [-0.4, -0.2) is 48.9 Å². The summed E-state index contributed by atoms with van der Waals surface area (Å²) in [5.74, 6) is 0.358. The molecular formula is C20H31N3O2. The monoisotopic (exact) mass is 345 g/mol. The van der Waals surface area contributed by atoms with Gasteiger partial charge in [0.05, 0.1) is 0 Å². The molecule has 1 aliphatic heterocycles. The van der Waals surface area contributed by atoms with Crippen LogP contribution >= 0.6 is 0 Å². The summed E-state index contributed by atoms with van der Waals surface area (Å²) in [7, 11) is 0. The number of carbonyl (C=O) groups is 2. The van der Waals surface area contributed by atoms with E-state index in [1.54, 1.807) is 0 Å². The number of hydrogen-bond acceptors (Lipinski definition) is 3. The number of aryl methyl sites for hydroxylation is 1. The second-order valence-corrected chi connectivity index (χ2v) is 6.84. The summed E-state index contributed by atoms with van der Waals surface area (Å²) in [5, 5.41) is 6.31. The van der Waals surface area contributed by atoms with E-state index in [1.807, 2.05) is 23.1 Å². The van der Waals surface area contributed by atoms with Gasteiger partial charge in [-0.25, -0.2) is 0 Å². The van der Waals surface area contributed by atoms with E-state index in [-0.39, 0.29) is 23.8 Å². The maximum Gasteiger partial charge on any atom is 0.223 e. The highest BCUT2D eigenvalue weighted by Crippen LogP contribution is 2.18. The molecule has 2 rings (SSSR count). The third-order valence-corrected chi connectivity index (χ3v) is 4.82. The molecule has 1 aromatic carbocycles. The topological polar surface area (TPSA) is 61.4 Å². The molecule has 0 unspecified atom stereocenters. The van der Waals surface area contributed by atoms with Crippen molar-refractivity contribution in [2.24, 2.45) is 5.92 Å². The van der Waals surface area contributed by atoms with Gasteiger partial charge in [0.2, 0.25) is 11.8 Å². The van der Waals surface area contributed by atoms with Gasteiger partial charge in [-0.2, -0.15) is 0 Å². The van der Waals surface area contributed by atoms with Gasteiger partial charge in [-0.1, -0.05) is 37.3 Å². The van der Waals surface area contributed by atoms with Crippen molar-refractivity contribution >= 4 is 11.8 Å². The predicted octanol–water partition coefficient (Wildman–Crippen LogP) is 1.97. The molecule has 0 aromatic heterocycles. The first kappa shape index (κ1) is 19.4. The lowest BCUT2D eigenvalue weighted by Crippen LogP contribution is -2.45. The van der Waals surface area contributed by atoms with E-state index in [4.69, 9.17) is 0 Å². The van der Waals surface area contributed by atoms with Gasteiger partial charge in [-0.15, -0.1) is 0 Å². The highest BCUT2D eigenvalue weighted by atomic mass is 16.2. The number of nitrogens with zero attached hydrogens (tertiary/aromatic N) is 1. The van der Waals surface area contributed by atoms with Crippen molar-refractivity contribution in [3.63, 3.8) is 0 Å². The van der Waals surface area contributed by atoms with Crippen molar-refractivity contribution in [1.29, 1.82) is 0 Å². The minimum absolute atomic E-state index is 0.0343. The van der Waals surface area contributed by atoms with Gasteiger partial charge in [0.25, 0.3) is 0 Å². The molecule has 1 aliphatic rings. The third-order valence-electron chi connectivity index (χ3n) is 4.82. The zero-order chi connectivity index (χ0) is 18.1. The summed E-state index contributed by atoms with van der Waals surface area (Å²) in [6, 6.07) is 10.4. The van der Waals surface area contributed by atoms with Gasteiger partial charge in [0, 0.05) is 38.0 Å². The third kappa shape index (κ3) is 6.50. The minimum Gasteiger partial charge on any atom is -0.354 e.